The number of aromatic nitrogens is 1. The summed E-state index contributed by atoms with van der Waals surface area (Å²) in [5.41, 5.74) is 1.03. The van der Waals surface area contributed by atoms with Crippen molar-refractivity contribution >= 4 is 5.91 Å². The molecule has 6 nitrogen and oxygen atoms in total. The van der Waals surface area contributed by atoms with Crippen molar-refractivity contribution < 1.29 is 18.8 Å². The highest BCUT2D eigenvalue weighted by Gasteiger charge is 2.23. The maximum atomic E-state index is 12.5. The van der Waals surface area contributed by atoms with E-state index in [1.807, 2.05) is 4.90 Å². The van der Waals surface area contributed by atoms with E-state index in [1.54, 1.807) is 38.5 Å². The Labute approximate surface area is 135 Å². The highest BCUT2D eigenvalue weighted by atomic mass is 16.5. The van der Waals surface area contributed by atoms with Crippen LogP contribution in [0.4, 0.5) is 0 Å². The van der Waals surface area contributed by atoms with Crippen molar-refractivity contribution in [1.29, 1.82) is 0 Å². The number of hydrogen-bond donors (Lipinski definition) is 0. The van der Waals surface area contributed by atoms with Crippen LogP contribution in [-0.2, 0) is 0 Å². The summed E-state index contributed by atoms with van der Waals surface area (Å²) in [5, 5.41) is 3.94. The molecule has 122 valence electrons. The molecule has 1 saturated heterocycles. The molecule has 0 N–H and O–H groups in total. The SMILES string of the molecule is COc1ccc(OC)c(-c2cc(C(=O)N3CCCCC3)no2)c1. The van der Waals surface area contributed by atoms with Gasteiger partial charge in [0, 0.05) is 19.2 Å². The van der Waals surface area contributed by atoms with E-state index in [0.29, 0.717) is 28.5 Å². The lowest BCUT2D eigenvalue weighted by atomic mass is 10.1. The molecule has 0 unspecified atom stereocenters. The van der Waals surface area contributed by atoms with Gasteiger partial charge in [-0.3, -0.25) is 4.79 Å². The number of carbonyl (C=O) groups excluding carboxylic acids is 1. The number of ether oxygens (including phenoxy) is 2. The van der Waals surface area contributed by atoms with Crippen LogP contribution in [0, 0.1) is 0 Å². The van der Waals surface area contributed by atoms with E-state index in [0.717, 1.165) is 25.9 Å². The molecule has 6 heteroatoms. The third kappa shape index (κ3) is 3.16. The largest absolute Gasteiger partial charge is 0.497 e. The van der Waals surface area contributed by atoms with Crippen molar-refractivity contribution in [2.75, 3.05) is 27.3 Å². The van der Waals surface area contributed by atoms with Gasteiger partial charge in [0.2, 0.25) is 0 Å². The zero-order chi connectivity index (χ0) is 16.2. The summed E-state index contributed by atoms with van der Waals surface area (Å²) in [6.45, 7) is 1.56. The molecule has 0 spiro atoms. The van der Waals surface area contributed by atoms with Crippen LogP contribution in [0.5, 0.6) is 11.5 Å². The number of amides is 1. The molecule has 23 heavy (non-hydrogen) atoms. The summed E-state index contributed by atoms with van der Waals surface area (Å²) in [6, 6.07) is 7.06. The molecule has 1 aliphatic heterocycles. The average molecular weight is 316 g/mol. The topological polar surface area (TPSA) is 64.8 Å². The van der Waals surface area contributed by atoms with Crippen molar-refractivity contribution in [3.8, 4) is 22.8 Å². The highest BCUT2D eigenvalue weighted by Crippen LogP contribution is 2.34. The summed E-state index contributed by atoms with van der Waals surface area (Å²) >= 11 is 0. The van der Waals surface area contributed by atoms with Crippen molar-refractivity contribution in [2.45, 2.75) is 19.3 Å². The Balaban J connectivity index is 1.88. The molecule has 2 heterocycles. The second-order valence-electron chi connectivity index (χ2n) is 5.50. The van der Waals surface area contributed by atoms with E-state index in [-0.39, 0.29) is 5.91 Å². The minimum atomic E-state index is -0.0819. The van der Waals surface area contributed by atoms with Crippen LogP contribution in [0.1, 0.15) is 29.8 Å². The second-order valence-corrected chi connectivity index (χ2v) is 5.50. The van der Waals surface area contributed by atoms with Crippen LogP contribution < -0.4 is 9.47 Å². The van der Waals surface area contributed by atoms with Gasteiger partial charge >= 0.3 is 0 Å². The molecule has 0 aliphatic carbocycles. The number of benzene rings is 1. The smallest absolute Gasteiger partial charge is 0.276 e. The lowest BCUT2D eigenvalue weighted by molar-refractivity contribution is 0.0714. The summed E-state index contributed by atoms with van der Waals surface area (Å²) in [6.07, 6.45) is 3.26. The molecule has 0 saturated carbocycles. The minimum absolute atomic E-state index is 0.0819. The third-order valence-electron chi connectivity index (χ3n) is 4.04. The van der Waals surface area contributed by atoms with Gasteiger partial charge in [-0.05, 0) is 37.5 Å². The van der Waals surface area contributed by atoms with E-state index >= 15 is 0 Å². The summed E-state index contributed by atoms with van der Waals surface area (Å²) in [5.74, 6) is 1.72. The number of hydrogen-bond acceptors (Lipinski definition) is 5. The van der Waals surface area contributed by atoms with Gasteiger partial charge in [0.25, 0.3) is 5.91 Å². The molecule has 2 aromatic rings. The van der Waals surface area contributed by atoms with Crippen molar-refractivity contribution in [3.05, 3.63) is 30.0 Å². The van der Waals surface area contributed by atoms with E-state index < -0.39 is 0 Å². The molecule has 1 amide bonds. The van der Waals surface area contributed by atoms with Gasteiger partial charge in [0.1, 0.15) is 11.5 Å². The zero-order valence-corrected chi connectivity index (χ0v) is 13.4. The summed E-state index contributed by atoms with van der Waals surface area (Å²) < 4.78 is 16.0. The van der Waals surface area contributed by atoms with Crippen molar-refractivity contribution in [2.24, 2.45) is 0 Å². The molecule has 1 aromatic heterocycles. The number of carbonyl (C=O) groups is 1. The number of piperidine rings is 1. The van der Waals surface area contributed by atoms with Crippen LogP contribution in [0.3, 0.4) is 0 Å². The van der Waals surface area contributed by atoms with E-state index in [9.17, 15) is 4.79 Å². The molecule has 0 atom stereocenters. The van der Waals surface area contributed by atoms with Crippen LogP contribution >= 0.6 is 0 Å². The van der Waals surface area contributed by atoms with E-state index in [2.05, 4.69) is 5.16 Å². The van der Waals surface area contributed by atoms with Crippen molar-refractivity contribution in [1.82, 2.24) is 10.1 Å². The molecular weight excluding hydrogens is 296 g/mol. The fourth-order valence-corrected chi connectivity index (χ4v) is 2.77. The Bertz CT molecular complexity index is 690. The quantitative estimate of drug-likeness (QED) is 0.867. The van der Waals surface area contributed by atoms with Gasteiger partial charge in [-0.25, -0.2) is 0 Å². The maximum absolute atomic E-state index is 12.5. The first-order valence-corrected chi connectivity index (χ1v) is 7.71. The Morgan fingerprint density at radius 1 is 1.13 bits per heavy atom. The first-order chi connectivity index (χ1) is 11.2. The minimum Gasteiger partial charge on any atom is -0.497 e. The number of likely N-dealkylation sites (tertiary alicyclic amines) is 1. The van der Waals surface area contributed by atoms with Gasteiger partial charge in [-0.1, -0.05) is 5.16 Å². The number of rotatable bonds is 4. The fraction of sp³-hybridized carbons (Fsp3) is 0.412. The number of nitrogens with zero attached hydrogens (tertiary/aromatic N) is 2. The molecule has 0 bridgehead atoms. The predicted octanol–water partition coefficient (Wildman–Crippen LogP) is 2.98. The van der Waals surface area contributed by atoms with Gasteiger partial charge < -0.3 is 18.9 Å². The fourth-order valence-electron chi connectivity index (χ4n) is 2.77. The Morgan fingerprint density at radius 3 is 2.61 bits per heavy atom. The summed E-state index contributed by atoms with van der Waals surface area (Å²) in [7, 11) is 3.18. The van der Waals surface area contributed by atoms with E-state index in [1.165, 1.54) is 6.42 Å². The van der Waals surface area contributed by atoms with Gasteiger partial charge in [-0.15, -0.1) is 0 Å². The lowest BCUT2D eigenvalue weighted by Gasteiger charge is -2.25. The average Bonchev–Trinajstić information content (AvgIpc) is 3.11. The lowest BCUT2D eigenvalue weighted by Crippen LogP contribution is -2.35. The molecular formula is C17H20N2O4. The first kappa shape index (κ1) is 15.4. The predicted molar refractivity (Wildman–Crippen MR) is 84.8 cm³/mol. The molecule has 0 radical (unpaired) electrons. The van der Waals surface area contributed by atoms with Gasteiger partial charge in [-0.2, -0.15) is 0 Å². The molecule has 1 fully saturated rings. The van der Waals surface area contributed by atoms with E-state index in [4.69, 9.17) is 14.0 Å². The molecule has 1 aliphatic rings. The Kier molecular flexibility index (Phi) is 4.50. The molecule has 1 aromatic carbocycles. The first-order valence-electron chi connectivity index (χ1n) is 7.71. The summed E-state index contributed by atoms with van der Waals surface area (Å²) in [4.78, 5) is 14.3. The van der Waals surface area contributed by atoms with Crippen LogP contribution in [0.2, 0.25) is 0 Å². The van der Waals surface area contributed by atoms with Crippen LogP contribution in [0.25, 0.3) is 11.3 Å². The Hall–Kier alpha value is -2.50. The second kappa shape index (κ2) is 6.73. The standard InChI is InChI=1S/C17H20N2O4/c1-21-12-6-7-15(22-2)13(10-12)16-11-14(18-23-16)17(20)19-8-4-3-5-9-19/h6-7,10-11H,3-5,8-9H2,1-2H3. The monoisotopic (exact) mass is 316 g/mol. The van der Waals surface area contributed by atoms with Crippen LogP contribution in [0.15, 0.2) is 28.8 Å². The third-order valence-corrected chi connectivity index (χ3v) is 4.04. The zero-order valence-electron chi connectivity index (χ0n) is 13.4. The van der Waals surface area contributed by atoms with Crippen molar-refractivity contribution in [3.63, 3.8) is 0 Å². The van der Waals surface area contributed by atoms with Gasteiger partial charge in [0.15, 0.2) is 11.5 Å². The highest BCUT2D eigenvalue weighted by molar-refractivity contribution is 5.93. The Morgan fingerprint density at radius 2 is 1.91 bits per heavy atom. The van der Waals surface area contributed by atoms with Crippen LogP contribution in [-0.4, -0.2) is 43.3 Å². The molecule has 3 rings (SSSR count). The number of methoxy groups -OCH3 is 2. The normalized spacial score (nSPS) is 14.6. The maximum Gasteiger partial charge on any atom is 0.276 e. The van der Waals surface area contributed by atoms with Gasteiger partial charge in [0.05, 0.1) is 19.8 Å².